The van der Waals surface area contributed by atoms with Crippen molar-refractivity contribution in [3.8, 4) is 5.75 Å². The number of hydrogen-bond donors (Lipinski definition) is 3. The normalized spacial score (nSPS) is 24.7. The number of phenolic OH excluding ortho intramolecular Hbond substituents is 1. The highest BCUT2D eigenvalue weighted by molar-refractivity contribution is 5.75. The van der Waals surface area contributed by atoms with Crippen LogP contribution in [0.5, 0.6) is 5.75 Å². The number of benzene rings is 1. The standard InChI is InChI=1S/C20H30N2O3/c23-18-12-10-16(11-13-18)21-20(25)22(17-7-2-1-3-8-17)14-15-6-4-5-9-19(15)24/h4-6,9,16-18,23-24H,1-3,7-8,10-14H2,(H,21,25). The van der Waals surface area contributed by atoms with E-state index < -0.39 is 0 Å². The van der Waals surface area contributed by atoms with Crippen molar-refractivity contribution >= 4 is 6.03 Å². The third kappa shape index (κ3) is 4.88. The lowest BCUT2D eigenvalue weighted by molar-refractivity contribution is 0.110. The van der Waals surface area contributed by atoms with E-state index in [0.717, 1.165) is 56.9 Å². The van der Waals surface area contributed by atoms with Crippen LogP contribution in [0.1, 0.15) is 63.4 Å². The van der Waals surface area contributed by atoms with Crippen LogP contribution in [-0.4, -0.2) is 39.3 Å². The average molecular weight is 346 g/mol. The Bertz CT molecular complexity index is 564. The van der Waals surface area contributed by atoms with Gasteiger partial charge >= 0.3 is 6.03 Å². The van der Waals surface area contributed by atoms with Gasteiger partial charge < -0.3 is 20.4 Å². The van der Waals surface area contributed by atoms with Gasteiger partial charge in [-0.2, -0.15) is 0 Å². The van der Waals surface area contributed by atoms with Crippen molar-refractivity contribution in [1.29, 1.82) is 0 Å². The van der Waals surface area contributed by atoms with Gasteiger partial charge in [-0.1, -0.05) is 37.5 Å². The van der Waals surface area contributed by atoms with E-state index in [1.165, 1.54) is 6.42 Å². The summed E-state index contributed by atoms with van der Waals surface area (Å²) in [6.45, 7) is 0.443. The van der Waals surface area contributed by atoms with Crippen LogP contribution in [0.2, 0.25) is 0 Å². The van der Waals surface area contributed by atoms with Gasteiger partial charge in [0.2, 0.25) is 0 Å². The van der Waals surface area contributed by atoms with Crippen LogP contribution < -0.4 is 5.32 Å². The van der Waals surface area contributed by atoms with Gasteiger partial charge in [-0.3, -0.25) is 0 Å². The number of nitrogens with one attached hydrogen (secondary N) is 1. The van der Waals surface area contributed by atoms with Gasteiger partial charge in [-0.15, -0.1) is 0 Å². The summed E-state index contributed by atoms with van der Waals surface area (Å²) in [6, 6.07) is 7.61. The number of aliphatic hydroxyl groups excluding tert-OH is 1. The van der Waals surface area contributed by atoms with Crippen molar-refractivity contribution in [1.82, 2.24) is 10.2 Å². The SMILES string of the molecule is O=C(NC1CCC(O)CC1)N(Cc1ccccc1O)C1CCCCC1. The number of aromatic hydroxyl groups is 1. The maximum atomic E-state index is 13.0. The second kappa shape index (κ2) is 8.56. The monoisotopic (exact) mass is 346 g/mol. The van der Waals surface area contributed by atoms with E-state index in [1.807, 2.05) is 17.0 Å². The predicted octanol–water partition coefficient (Wildman–Crippen LogP) is 3.54. The van der Waals surface area contributed by atoms with E-state index in [2.05, 4.69) is 5.32 Å². The Kier molecular flexibility index (Phi) is 6.19. The molecule has 3 rings (SSSR count). The summed E-state index contributed by atoms with van der Waals surface area (Å²) < 4.78 is 0. The van der Waals surface area contributed by atoms with E-state index in [1.54, 1.807) is 12.1 Å². The number of para-hydroxylation sites is 1. The smallest absolute Gasteiger partial charge is 0.318 e. The number of carbonyl (C=O) groups is 1. The first-order chi connectivity index (χ1) is 12.1. The highest BCUT2D eigenvalue weighted by Gasteiger charge is 2.29. The van der Waals surface area contributed by atoms with Crippen molar-refractivity contribution in [3.05, 3.63) is 29.8 Å². The van der Waals surface area contributed by atoms with Crippen molar-refractivity contribution in [3.63, 3.8) is 0 Å². The number of carbonyl (C=O) groups excluding carboxylic acids is 1. The van der Waals surface area contributed by atoms with Crippen LogP contribution >= 0.6 is 0 Å². The molecule has 5 heteroatoms. The Morgan fingerprint density at radius 3 is 2.40 bits per heavy atom. The summed E-state index contributed by atoms with van der Waals surface area (Å²) >= 11 is 0. The second-order valence-electron chi connectivity index (χ2n) is 7.50. The molecule has 1 aromatic rings. The number of rotatable bonds is 4. The van der Waals surface area contributed by atoms with Crippen molar-refractivity contribution in [2.75, 3.05) is 0 Å². The van der Waals surface area contributed by atoms with Crippen LogP contribution in [0, 0.1) is 0 Å². The van der Waals surface area contributed by atoms with Gasteiger partial charge in [0.25, 0.3) is 0 Å². The molecule has 0 aromatic heterocycles. The molecule has 0 heterocycles. The summed E-state index contributed by atoms with van der Waals surface area (Å²) in [5.74, 6) is 0.247. The molecule has 2 amide bonds. The molecule has 0 atom stereocenters. The molecule has 0 aliphatic heterocycles. The van der Waals surface area contributed by atoms with Crippen molar-refractivity contribution < 1.29 is 15.0 Å². The molecular formula is C20H30N2O3. The van der Waals surface area contributed by atoms with E-state index in [9.17, 15) is 15.0 Å². The van der Waals surface area contributed by atoms with Crippen LogP contribution in [0.25, 0.3) is 0 Å². The summed E-state index contributed by atoms with van der Waals surface area (Å²) in [6.07, 6.45) is 8.59. The zero-order valence-corrected chi connectivity index (χ0v) is 14.9. The Morgan fingerprint density at radius 1 is 1.04 bits per heavy atom. The van der Waals surface area contributed by atoms with E-state index >= 15 is 0 Å². The zero-order valence-electron chi connectivity index (χ0n) is 14.9. The number of urea groups is 1. The Labute approximate surface area is 150 Å². The maximum Gasteiger partial charge on any atom is 0.318 e. The third-order valence-electron chi connectivity index (χ3n) is 5.63. The molecule has 0 unspecified atom stereocenters. The molecule has 0 bridgehead atoms. The predicted molar refractivity (Wildman–Crippen MR) is 97.3 cm³/mol. The summed E-state index contributed by atoms with van der Waals surface area (Å²) in [5, 5.41) is 22.9. The average Bonchev–Trinajstić information content (AvgIpc) is 2.63. The fourth-order valence-corrected chi connectivity index (χ4v) is 4.07. The number of amides is 2. The summed E-state index contributed by atoms with van der Waals surface area (Å²) in [7, 11) is 0. The van der Waals surface area contributed by atoms with E-state index in [0.29, 0.717) is 6.54 Å². The number of aliphatic hydroxyl groups is 1. The topological polar surface area (TPSA) is 72.8 Å². The first kappa shape index (κ1) is 18.1. The molecule has 2 aliphatic rings. The van der Waals surface area contributed by atoms with Gasteiger partial charge in [-0.05, 0) is 44.6 Å². The van der Waals surface area contributed by atoms with Gasteiger partial charge in [0.15, 0.2) is 0 Å². The first-order valence-electron chi connectivity index (χ1n) is 9.65. The summed E-state index contributed by atoms with van der Waals surface area (Å²) in [4.78, 5) is 14.9. The molecule has 1 aromatic carbocycles. The van der Waals surface area contributed by atoms with Crippen molar-refractivity contribution in [2.24, 2.45) is 0 Å². The van der Waals surface area contributed by atoms with Crippen LogP contribution in [0.3, 0.4) is 0 Å². The Balaban J connectivity index is 1.68. The van der Waals surface area contributed by atoms with Crippen molar-refractivity contribution in [2.45, 2.75) is 82.5 Å². The fraction of sp³-hybridized carbons (Fsp3) is 0.650. The number of nitrogens with zero attached hydrogens (tertiary/aromatic N) is 1. The van der Waals surface area contributed by atoms with Gasteiger partial charge in [0.1, 0.15) is 5.75 Å². The summed E-state index contributed by atoms with van der Waals surface area (Å²) in [5.41, 5.74) is 0.794. The molecule has 0 radical (unpaired) electrons. The quantitative estimate of drug-likeness (QED) is 0.781. The molecule has 138 valence electrons. The minimum absolute atomic E-state index is 0.0310. The lowest BCUT2D eigenvalue weighted by Gasteiger charge is -2.36. The van der Waals surface area contributed by atoms with Gasteiger partial charge in [-0.25, -0.2) is 4.79 Å². The minimum atomic E-state index is -0.219. The molecular weight excluding hydrogens is 316 g/mol. The zero-order chi connectivity index (χ0) is 17.6. The lowest BCUT2D eigenvalue weighted by atomic mass is 9.92. The number of phenols is 1. The Morgan fingerprint density at radius 2 is 1.72 bits per heavy atom. The molecule has 2 aliphatic carbocycles. The van der Waals surface area contributed by atoms with Crippen LogP contribution in [0.4, 0.5) is 4.79 Å². The van der Waals surface area contributed by atoms with E-state index in [4.69, 9.17) is 0 Å². The van der Waals surface area contributed by atoms with Crippen LogP contribution in [0.15, 0.2) is 24.3 Å². The van der Waals surface area contributed by atoms with Gasteiger partial charge in [0, 0.05) is 17.6 Å². The first-order valence-corrected chi connectivity index (χ1v) is 9.65. The maximum absolute atomic E-state index is 13.0. The molecule has 0 spiro atoms. The molecule has 3 N–H and O–H groups in total. The minimum Gasteiger partial charge on any atom is -0.508 e. The largest absolute Gasteiger partial charge is 0.508 e. The van der Waals surface area contributed by atoms with Gasteiger partial charge in [0.05, 0.1) is 12.6 Å². The highest BCUT2D eigenvalue weighted by Crippen LogP contribution is 2.27. The molecule has 2 saturated carbocycles. The second-order valence-corrected chi connectivity index (χ2v) is 7.50. The van der Waals surface area contributed by atoms with E-state index in [-0.39, 0.29) is 30.0 Å². The highest BCUT2D eigenvalue weighted by atomic mass is 16.3. The Hall–Kier alpha value is -1.75. The third-order valence-corrected chi connectivity index (χ3v) is 5.63. The molecule has 2 fully saturated rings. The van der Waals surface area contributed by atoms with Crippen LogP contribution in [-0.2, 0) is 6.54 Å². The fourth-order valence-electron chi connectivity index (χ4n) is 4.07. The molecule has 25 heavy (non-hydrogen) atoms. The number of hydrogen-bond acceptors (Lipinski definition) is 3. The molecule has 5 nitrogen and oxygen atoms in total. The lowest BCUT2D eigenvalue weighted by Crippen LogP contribution is -2.50. The molecule has 0 saturated heterocycles.